The number of nitrogens with zero attached hydrogens (tertiary/aromatic N) is 3. The zero-order valence-electron chi connectivity index (χ0n) is 16.8. The number of pyridine rings is 1. The number of carbonyl (C=O) groups is 2. The Balaban J connectivity index is 1.80. The number of methoxy groups -OCH3 is 1. The van der Waals surface area contributed by atoms with Crippen molar-refractivity contribution in [2.75, 3.05) is 52.4 Å². The van der Waals surface area contributed by atoms with Crippen molar-refractivity contribution in [1.29, 1.82) is 0 Å². The summed E-state index contributed by atoms with van der Waals surface area (Å²) in [7, 11) is 3.26. The van der Waals surface area contributed by atoms with Gasteiger partial charge in [0.05, 0.1) is 6.61 Å². The molecular formula is C20H29N3O4S. The number of carbonyl (C=O) groups excluding carboxylic acids is 2. The van der Waals surface area contributed by atoms with Crippen molar-refractivity contribution < 1.29 is 14.3 Å². The van der Waals surface area contributed by atoms with Crippen molar-refractivity contribution in [3.63, 3.8) is 0 Å². The van der Waals surface area contributed by atoms with Gasteiger partial charge in [-0.2, -0.15) is 11.8 Å². The molecule has 3 rings (SSSR count). The third-order valence-corrected chi connectivity index (χ3v) is 6.30. The largest absolute Gasteiger partial charge is 0.383 e. The minimum Gasteiger partial charge on any atom is -0.383 e. The van der Waals surface area contributed by atoms with Gasteiger partial charge < -0.3 is 19.1 Å². The monoisotopic (exact) mass is 407 g/mol. The van der Waals surface area contributed by atoms with Crippen LogP contribution in [-0.4, -0.2) is 78.6 Å². The predicted molar refractivity (Wildman–Crippen MR) is 110 cm³/mol. The fraction of sp³-hybridized carbons (Fsp3) is 0.650. The van der Waals surface area contributed by atoms with E-state index in [0.29, 0.717) is 39.2 Å². The molecule has 0 aliphatic carbocycles. The van der Waals surface area contributed by atoms with Gasteiger partial charge in [-0.05, 0) is 30.7 Å². The molecular weight excluding hydrogens is 378 g/mol. The topological polar surface area (TPSA) is 71.8 Å². The summed E-state index contributed by atoms with van der Waals surface area (Å²) in [4.78, 5) is 41.6. The normalized spacial score (nSPS) is 20.6. The molecule has 1 fully saturated rings. The fourth-order valence-electron chi connectivity index (χ4n) is 4.20. The Labute approximate surface area is 170 Å². The molecule has 0 saturated carbocycles. The van der Waals surface area contributed by atoms with Gasteiger partial charge in [0.1, 0.15) is 5.56 Å². The number of hydrogen-bond acceptors (Lipinski definition) is 5. The van der Waals surface area contributed by atoms with Gasteiger partial charge in [0.15, 0.2) is 0 Å². The van der Waals surface area contributed by atoms with Crippen LogP contribution in [0.3, 0.4) is 0 Å². The molecule has 2 bridgehead atoms. The van der Waals surface area contributed by atoms with E-state index in [1.54, 1.807) is 36.6 Å². The lowest BCUT2D eigenvalue weighted by molar-refractivity contribution is -0.133. The second-order valence-corrected chi connectivity index (χ2v) is 8.63. The van der Waals surface area contributed by atoms with Crippen LogP contribution >= 0.6 is 11.8 Å². The van der Waals surface area contributed by atoms with Gasteiger partial charge in [-0.25, -0.2) is 0 Å². The summed E-state index contributed by atoms with van der Waals surface area (Å²) in [5.74, 6) is 1.18. The lowest BCUT2D eigenvalue weighted by Crippen LogP contribution is -2.50. The molecule has 0 unspecified atom stereocenters. The molecule has 2 atom stereocenters. The maximum atomic E-state index is 13.0. The summed E-state index contributed by atoms with van der Waals surface area (Å²) in [6, 6.07) is 3.55. The van der Waals surface area contributed by atoms with Gasteiger partial charge in [0.25, 0.3) is 11.5 Å². The molecule has 0 spiro atoms. The summed E-state index contributed by atoms with van der Waals surface area (Å²) < 4.78 is 6.78. The predicted octanol–water partition coefficient (Wildman–Crippen LogP) is 1.27. The molecule has 2 aliphatic heterocycles. The van der Waals surface area contributed by atoms with Crippen LogP contribution in [0, 0.1) is 5.92 Å². The van der Waals surface area contributed by atoms with E-state index in [4.69, 9.17) is 4.74 Å². The molecule has 0 radical (unpaired) electrons. The molecule has 28 heavy (non-hydrogen) atoms. The quantitative estimate of drug-likeness (QED) is 0.681. The van der Waals surface area contributed by atoms with E-state index in [0.717, 1.165) is 17.9 Å². The van der Waals surface area contributed by atoms with Gasteiger partial charge in [-0.15, -0.1) is 0 Å². The summed E-state index contributed by atoms with van der Waals surface area (Å²) in [6.07, 6.45) is 3.56. The van der Waals surface area contributed by atoms with E-state index >= 15 is 0 Å². The Bertz CT molecular complexity index is 794. The molecule has 154 valence electrons. The Hall–Kier alpha value is -1.80. The van der Waals surface area contributed by atoms with Gasteiger partial charge in [0, 0.05) is 64.1 Å². The number of likely N-dealkylation sites (N-methyl/N-ethyl adjacent to an activating group) is 1. The Morgan fingerprint density at radius 2 is 2.07 bits per heavy atom. The number of likely N-dealkylation sites (tertiary alicyclic amines) is 1. The second kappa shape index (κ2) is 9.13. The number of amides is 2. The zero-order valence-corrected chi connectivity index (χ0v) is 17.7. The van der Waals surface area contributed by atoms with Crippen molar-refractivity contribution >= 4 is 23.6 Å². The average molecular weight is 408 g/mol. The first-order valence-electron chi connectivity index (χ1n) is 9.71. The first kappa shape index (κ1) is 20.9. The standard InChI is InChI=1S/C20H29N3O4S/c1-21(7-8-27-2)19(25)16-4-5-17-15-10-14(12-23(17)20(16)26)11-22(13-15)18(24)6-9-28-3/h4-5,14-15H,6-13H2,1-3H3/t14-,15+/m0/s1. The molecule has 2 aliphatic rings. The number of piperidine rings is 1. The molecule has 2 amide bonds. The Kier molecular flexibility index (Phi) is 6.82. The minimum absolute atomic E-state index is 0.161. The molecule has 1 saturated heterocycles. The molecule has 1 aromatic rings. The van der Waals surface area contributed by atoms with Crippen molar-refractivity contribution in [3.8, 4) is 0 Å². The van der Waals surface area contributed by atoms with Crippen LogP contribution in [0.5, 0.6) is 0 Å². The van der Waals surface area contributed by atoms with Gasteiger partial charge >= 0.3 is 0 Å². The zero-order chi connectivity index (χ0) is 20.3. The highest BCUT2D eigenvalue weighted by Gasteiger charge is 2.36. The highest BCUT2D eigenvalue weighted by molar-refractivity contribution is 7.98. The van der Waals surface area contributed by atoms with E-state index < -0.39 is 0 Å². The van der Waals surface area contributed by atoms with Gasteiger partial charge in [-0.1, -0.05) is 0 Å². The van der Waals surface area contributed by atoms with E-state index in [1.165, 1.54) is 4.90 Å². The van der Waals surface area contributed by atoms with Crippen LogP contribution in [0.4, 0.5) is 0 Å². The Morgan fingerprint density at radius 3 is 2.79 bits per heavy atom. The third-order valence-electron chi connectivity index (χ3n) is 5.68. The van der Waals surface area contributed by atoms with Crippen LogP contribution in [0.1, 0.15) is 34.8 Å². The van der Waals surface area contributed by atoms with Gasteiger partial charge in [-0.3, -0.25) is 14.4 Å². The van der Waals surface area contributed by atoms with Crippen LogP contribution in [0.2, 0.25) is 0 Å². The number of aromatic nitrogens is 1. The molecule has 0 aromatic carbocycles. The van der Waals surface area contributed by atoms with Crippen molar-refractivity contribution in [2.45, 2.75) is 25.3 Å². The highest BCUT2D eigenvalue weighted by atomic mass is 32.2. The van der Waals surface area contributed by atoms with E-state index in [9.17, 15) is 14.4 Å². The van der Waals surface area contributed by atoms with Crippen LogP contribution in [0.25, 0.3) is 0 Å². The van der Waals surface area contributed by atoms with Crippen LogP contribution in [-0.2, 0) is 16.1 Å². The first-order valence-corrected chi connectivity index (χ1v) is 11.1. The highest BCUT2D eigenvalue weighted by Crippen LogP contribution is 2.35. The van der Waals surface area contributed by atoms with E-state index in [-0.39, 0.29) is 34.8 Å². The lowest BCUT2D eigenvalue weighted by atomic mass is 9.83. The smallest absolute Gasteiger partial charge is 0.263 e. The number of hydrogen-bond donors (Lipinski definition) is 0. The fourth-order valence-corrected chi connectivity index (χ4v) is 4.57. The third kappa shape index (κ3) is 4.27. The number of rotatable bonds is 7. The van der Waals surface area contributed by atoms with E-state index in [1.807, 2.05) is 17.2 Å². The summed E-state index contributed by atoms with van der Waals surface area (Å²) in [5, 5.41) is 0. The molecule has 1 aromatic heterocycles. The summed E-state index contributed by atoms with van der Waals surface area (Å²) >= 11 is 1.68. The summed E-state index contributed by atoms with van der Waals surface area (Å²) in [5.41, 5.74) is 0.929. The average Bonchev–Trinajstić information content (AvgIpc) is 2.70. The van der Waals surface area contributed by atoms with Crippen LogP contribution in [0.15, 0.2) is 16.9 Å². The molecule has 0 N–H and O–H groups in total. The lowest BCUT2D eigenvalue weighted by Gasteiger charge is -2.43. The SMILES string of the molecule is COCCN(C)C(=O)c1ccc2n(c1=O)C[C@H]1C[C@@H]2CN(C(=O)CCSC)C1. The first-order chi connectivity index (χ1) is 13.5. The molecule has 8 heteroatoms. The van der Waals surface area contributed by atoms with Crippen LogP contribution < -0.4 is 5.56 Å². The summed E-state index contributed by atoms with van der Waals surface area (Å²) in [6.45, 7) is 2.79. The van der Waals surface area contributed by atoms with Crippen molar-refractivity contribution in [3.05, 3.63) is 33.7 Å². The molecule has 7 nitrogen and oxygen atoms in total. The maximum absolute atomic E-state index is 13.0. The maximum Gasteiger partial charge on any atom is 0.263 e. The van der Waals surface area contributed by atoms with Crippen molar-refractivity contribution in [2.24, 2.45) is 5.92 Å². The Morgan fingerprint density at radius 1 is 1.29 bits per heavy atom. The van der Waals surface area contributed by atoms with Crippen molar-refractivity contribution in [1.82, 2.24) is 14.4 Å². The number of thioether (sulfide) groups is 1. The number of fused-ring (bicyclic) bond motifs is 4. The molecule has 3 heterocycles. The number of ether oxygens (including phenoxy) is 1. The van der Waals surface area contributed by atoms with Gasteiger partial charge in [0.2, 0.25) is 5.91 Å². The second-order valence-electron chi connectivity index (χ2n) is 7.65. The minimum atomic E-state index is -0.276. The van der Waals surface area contributed by atoms with E-state index in [2.05, 4.69) is 0 Å².